The third-order valence-corrected chi connectivity index (χ3v) is 6.55. The number of amides is 3. The summed E-state index contributed by atoms with van der Waals surface area (Å²) < 4.78 is 0. The molecule has 0 radical (unpaired) electrons. The van der Waals surface area contributed by atoms with Crippen LogP contribution < -0.4 is 5.32 Å². The summed E-state index contributed by atoms with van der Waals surface area (Å²) >= 11 is 0. The van der Waals surface area contributed by atoms with E-state index < -0.39 is 0 Å². The molecule has 0 aliphatic carbocycles. The van der Waals surface area contributed by atoms with Gasteiger partial charge in [-0.1, -0.05) is 42.8 Å². The molecule has 6 nitrogen and oxygen atoms in total. The number of imide groups is 1. The second-order valence-corrected chi connectivity index (χ2v) is 9.07. The molecule has 2 heterocycles. The Hall–Kier alpha value is -2.99. The number of hydrogen-bond acceptors (Lipinski definition) is 4. The topological polar surface area (TPSA) is 69.7 Å². The van der Waals surface area contributed by atoms with Gasteiger partial charge in [0.2, 0.25) is 5.91 Å². The summed E-state index contributed by atoms with van der Waals surface area (Å²) in [5.41, 5.74) is 4.12. The molecule has 3 amide bonds. The van der Waals surface area contributed by atoms with Crippen LogP contribution >= 0.6 is 0 Å². The molecular formula is C26H31N3O3. The smallest absolute Gasteiger partial charge is 0.261 e. The number of nitrogens with zero attached hydrogens (tertiary/aromatic N) is 2. The van der Waals surface area contributed by atoms with Gasteiger partial charge in [0, 0.05) is 26.1 Å². The van der Waals surface area contributed by atoms with Gasteiger partial charge in [-0.15, -0.1) is 0 Å². The van der Waals surface area contributed by atoms with E-state index in [0.29, 0.717) is 17.7 Å². The van der Waals surface area contributed by atoms with Crippen molar-refractivity contribution in [1.82, 2.24) is 15.1 Å². The normalized spacial score (nSPS) is 17.0. The molecule has 0 bridgehead atoms. The number of benzene rings is 2. The van der Waals surface area contributed by atoms with Crippen LogP contribution in [-0.4, -0.2) is 47.2 Å². The summed E-state index contributed by atoms with van der Waals surface area (Å²) in [6, 6.07) is 13.4. The predicted octanol–water partition coefficient (Wildman–Crippen LogP) is 3.53. The maximum absolute atomic E-state index is 12.6. The van der Waals surface area contributed by atoms with Gasteiger partial charge in [-0.2, -0.15) is 0 Å². The lowest BCUT2D eigenvalue weighted by atomic mass is 9.98. The number of carbonyl (C=O) groups is 3. The first kappa shape index (κ1) is 22.2. The Morgan fingerprint density at radius 3 is 2.44 bits per heavy atom. The lowest BCUT2D eigenvalue weighted by Gasteiger charge is -2.30. The zero-order valence-corrected chi connectivity index (χ0v) is 18.9. The van der Waals surface area contributed by atoms with Crippen molar-refractivity contribution in [3.63, 3.8) is 0 Å². The number of likely N-dealkylation sites (tertiary alicyclic amines) is 1. The quantitative estimate of drug-likeness (QED) is 0.679. The van der Waals surface area contributed by atoms with Gasteiger partial charge in [-0.3, -0.25) is 24.2 Å². The monoisotopic (exact) mass is 433 g/mol. The molecule has 2 aliphatic rings. The zero-order chi connectivity index (χ0) is 22.7. The van der Waals surface area contributed by atoms with Crippen LogP contribution in [0.1, 0.15) is 63.6 Å². The number of fused-ring (bicyclic) bond motifs is 1. The molecule has 1 fully saturated rings. The van der Waals surface area contributed by atoms with Crippen LogP contribution in [0.15, 0.2) is 42.5 Å². The first-order chi connectivity index (χ1) is 15.4. The SMILES string of the molecule is Cc1ccc2c(c1)C(=O)N(CCC(=O)NCc1ccccc1CN1CCC(C)CC1)C2=O. The van der Waals surface area contributed by atoms with Crippen LogP contribution in [0.2, 0.25) is 0 Å². The Morgan fingerprint density at radius 1 is 1.00 bits per heavy atom. The molecular weight excluding hydrogens is 402 g/mol. The number of carbonyl (C=O) groups excluding carboxylic acids is 3. The van der Waals surface area contributed by atoms with Gasteiger partial charge >= 0.3 is 0 Å². The lowest BCUT2D eigenvalue weighted by Crippen LogP contribution is -2.35. The average Bonchev–Trinajstić information content (AvgIpc) is 3.02. The van der Waals surface area contributed by atoms with E-state index in [1.807, 2.05) is 25.1 Å². The summed E-state index contributed by atoms with van der Waals surface area (Å²) in [6.45, 7) is 7.85. The van der Waals surface area contributed by atoms with Crippen molar-refractivity contribution in [2.45, 2.75) is 46.2 Å². The van der Waals surface area contributed by atoms with E-state index in [9.17, 15) is 14.4 Å². The van der Waals surface area contributed by atoms with Crippen molar-refractivity contribution in [1.29, 1.82) is 0 Å². The highest BCUT2D eigenvalue weighted by molar-refractivity contribution is 6.21. The van der Waals surface area contributed by atoms with E-state index >= 15 is 0 Å². The number of aryl methyl sites for hydroxylation is 1. The Balaban J connectivity index is 1.30. The molecule has 1 N–H and O–H groups in total. The summed E-state index contributed by atoms with van der Waals surface area (Å²) in [5.74, 6) is -0.00649. The maximum atomic E-state index is 12.6. The molecule has 0 atom stereocenters. The Kier molecular flexibility index (Phi) is 6.70. The molecule has 0 unspecified atom stereocenters. The van der Waals surface area contributed by atoms with Crippen LogP contribution in [0, 0.1) is 12.8 Å². The molecule has 1 saturated heterocycles. The van der Waals surface area contributed by atoms with E-state index in [1.54, 1.807) is 12.1 Å². The summed E-state index contributed by atoms with van der Waals surface area (Å²) in [5, 5.41) is 2.96. The van der Waals surface area contributed by atoms with E-state index in [4.69, 9.17) is 0 Å². The molecule has 0 saturated carbocycles. The number of piperidine rings is 1. The largest absolute Gasteiger partial charge is 0.352 e. The molecule has 0 aromatic heterocycles. The first-order valence-electron chi connectivity index (χ1n) is 11.4. The van der Waals surface area contributed by atoms with Gasteiger partial charge in [0.15, 0.2) is 0 Å². The number of rotatable bonds is 7. The molecule has 6 heteroatoms. The second-order valence-electron chi connectivity index (χ2n) is 9.07. The van der Waals surface area contributed by atoms with Gasteiger partial charge in [0.1, 0.15) is 0 Å². The molecule has 168 valence electrons. The van der Waals surface area contributed by atoms with Gasteiger partial charge in [0.25, 0.3) is 11.8 Å². The van der Waals surface area contributed by atoms with Gasteiger partial charge < -0.3 is 5.32 Å². The summed E-state index contributed by atoms with van der Waals surface area (Å²) in [7, 11) is 0. The fourth-order valence-corrected chi connectivity index (χ4v) is 4.45. The fraction of sp³-hybridized carbons (Fsp3) is 0.423. The highest BCUT2D eigenvalue weighted by Gasteiger charge is 2.35. The summed E-state index contributed by atoms with van der Waals surface area (Å²) in [4.78, 5) is 41.2. The van der Waals surface area contributed by atoms with Crippen LogP contribution in [0.5, 0.6) is 0 Å². The predicted molar refractivity (Wildman–Crippen MR) is 123 cm³/mol. The van der Waals surface area contributed by atoms with E-state index in [-0.39, 0.29) is 30.7 Å². The highest BCUT2D eigenvalue weighted by Crippen LogP contribution is 2.24. The number of nitrogens with one attached hydrogen (secondary N) is 1. The minimum atomic E-state index is -0.320. The first-order valence-corrected chi connectivity index (χ1v) is 11.4. The third kappa shape index (κ3) is 4.91. The molecule has 2 aromatic rings. The number of hydrogen-bond donors (Lipinski definition) is 1. The summed E-state index contributed by atoms with van der Waals surface area (Å²) in [6.07, 6.45) is 2.56. The van der Waals surface area contributed by atoms with Crippen molar-refractivity contribution >= 4 is 17.7 Å². The Bertz CT molecular complexity index is 1020. The molecule has 2 aliphatic heterocycles. The van der Waals surface area contributed by atoms with E-state index in [0.717, 1.165) is 36.7 Å². The van der Waals surface area contributed by atoms with Crippen LogP contribution in [0.3, 0.4) is 0 Å². The fourth-order valence-electron chi connectivity index (χ4n) is 4.45. The van der Waals surface area contributed by atoms with Crippen LogP contribution in [0.25, 0.3) is 0 Å². The highest BCUT2D eigenvalue weighted by atomic mass is 16.2. The van der Waals surface area contributed by atoms with E-state index in [2.05, 4.69) is 29.3 Å². The molecule has 32 heavy (non-hydrogen) atoms. The standard InChI is InChI=1S/C26H31N3O3/c1-18-9-12-28(13-10-18)17-21-6-4-3-5-20(21)16-27-24(30)11-14-29-25(31)22-8-7-19(2)15-23(22)26(29)32/h3-8,15,18H,9-14,16-17H2,1-2H3,(H,27,30). The maximum Gasteiger partial charge on any atom is 0.261 e. The van der Waals surface area contributed by atoms with Crippen molar-refractivity contribution in [3.05, 3.63) is 70.3 Å². The minimum Gasteiger partial charge on any atom is -0.352 e. The molecule has 2 aromatic carbocycles. The van der Waals surface area contributed by atoms with Crippen LogP contribution in [0.4, 0.5) is 0 Å². The lowest BCUT2D eigenvalue weighted by molar-refractivity contribution is -0.121. The van der Waals surface area contributed by atoms with Crippen molar-refractivity contribution in [2.75, 3.05) is 19.6 Å². The Morgan fingerprint density at radius 2 is 1.69 bits per heavy atom. The average molecular weight is 434 g/mol. The third-order valence-electron chi connectivity index (χ3n) is 6.55. The zero-order valence-electron chi connectivity index (χ0n) is 18.9. The van der Waals surface area contributed by atoms with Gasteiger partial charge in [-0.25, -0.2) is 0 Å². The second kappa shape index (κ2) is 9.65. The van der Waals surface area contributed by atoms with Crippen molar-refractivity contribution in [2.24, 2.45) is 5.92 Å². The van der Waals surface area contributed by atoms with Crippen molar-refractivity contribution < 1.29 is 14.4 Å². The Labute approximate surface area is 189 Å². The van der Waals surface area contributed by atoms with Gasteiger partial charge in [0.05, 0.1) is 11.1 Å². The minimum absolute atomic E-state index is 0.0881. The molecule has 0 spiro atoms. The van der Waals surface area contributed by atoms with Crippen LogP contribution in [-0.2, 0) is 17.9 Å². The van der Waals surface area contributed by atoms with E-state index in [1.165, 1.54) is 23.3 Å². The molecule has 4 rings (SSSR count). The van der Waals surface area contributed by atoms with Gasteiger partial charge in [-0.05, 0) is 62.0 Å². The van der Waals surface area contributed by atoms with Crippen molar-refractivity contribution in [3.8, 4) is 0 Å².